The number of pyridine rings is 2. The Bertz CT molecular complexity index is 2760. The van der Waals surface area contributed by atoms with Crippen LogP contribution in [0.5, 0.6) is 0 Å². The Labute approximate surface area is 358 Å². The molecule has 9 heteroatoms. The van der Waals surface area contributed by atoms with Gasteiger partial charge in [-0.1, -0.05) is 90.4 Å². The van der Waals surface area contributed by atoms with Crippen molar-refractivity contribution in [1.29, 1.82) is 0 Å². The lowest BCUT2D eigenvalue weighted by atomic mass is 9.88. The van der Waals surface area contributed by atoms with Crippen LogP contribution < -0.4 is 0 Å². The second-order valence-electron chi connectivity index (χ2n) is 15.3. The fraction of sp³-hybridized carbons (Fsp3) is 0.255. The minimum atomic E-state index is -0.311. The number of aryl methyl sites for hydroxylation is 4. The molecule has 0 spiro atoms. The number of hydrogen-bond donors (Lipinski definition) is 0. The minimum absolute atomic E-state index is 0.0484. The zero-order valence-corrected chi connectivity index (χ0v) is 36.5. The van der Waals surface area contributed by atoms with Gasteiger partial charge in [0.2, 0.25) is 0 Å². The molecule has 0 N–H and O–H groups in total. The number of rotatable bonds is 9. The van der Waals surface area contributed by atoms with Gasteiger partial charge in [0.15, 0.2) is 11.6 Å². The molecule has 60 heavy (non-hydrogen) atoms. The van der Waals surface area contributed by atoms with Crippen molar-refractivity contribution in [3.8, 4) is 33.4 Å². The summed E-state index contributed by atoms with van der Waals surface area (Å²) >= 11 is 3.60. The molecule has 3 heterocycles. The summed E-state index contributed by atoms with van der Waals surface area (Å²) in [6.07, 6.45) is 0.714. The lowest BCUT2D eigenvalue weighted by Gasteiger charge is -2.26. The van der Waals surface area contributed by atoms with Gasteiger partial charge < -0.3 is 4.74 Å². The number of hydrogen-bond acceptors (Lipinski definition) is 6. The summed E-state index contributed by atoms with van der Waals surface area (Å²) in [4.78, 5) is 36.4. The van der Waals surface area contributed by atoms with Crippen LogP contribution in [0.1, 0.15) is 75.5 Å². The first-order valence-electron chi connectivity index (χ1n) is 20.4. The number of carbonyl (C=O) groups excluding carboxylic acids is 2. The van der Waals surface area contributed by atoms with E-state index in [1.54, 1.807) is 49.4 Å². The molecule has 0 bridgehead atoms. The van der Waals surface area contributed by atoms with Gasteiger partial charge >= 0.3 is 0 Å². The highest BCUT2D eigenvalue weighted by atomic mass is 79.9. The van der Waals surface area contributed by atoms with Crippen LogP contribution in [0.2, 0.25) is 0 Å². The van der Waals surface area contributed by atoms with E-state index in [4.69, 9.17) is 9.72 Å². The molecule has 6 nitrogen and oxygen atoms in total. The summed E-state index contributed by atoms with van der Waals surface area (Å²) in [6.45, 7) is 16.1. The van der Waals surface area contributed by atoms with Crippen molar-refractivity contribution in [2.75, 3.05) is 26.3 Å². The first-order valence-corrected chi connectivity index (χ1v) is 21.2. The Morgan fingerprint density at radius 3 is 1.63 bits per heavy atom. The third kappa shape index (κ3) is 8.71. The zero-order chi connectivity index (χ0) is 42.7. The molecule has 7 aromatic rings. The smallest absolute Gasteiger partial charge is 0.180 e. The molecule has 1 aliphatic rings. The van der Waals surface area contributed by atoms with Gasteiger partial charge in [-0.25, -0.2) is 18.7 Å². The number of aromatic nitrogens is 2. The molecule has 8 rings (SSSR count). The van der Waals surface area contributed by atoms with Gasteiger partial charge in [-0.3, -0.25) is 14.5 Å². The van der Waals surface area contributed by atoms with E-state index in [0.717, 1.165) is 87.0 Å². The maximum atomic E-state index is 15.0. The Hall–Kier alpha value is -5.48. The molecule has 0 saturated carbocycles. The van der Waals surface area contributed by atoms with Crippen LogP contribution >= 0.6 is 15.9 Å². The predicted octanol–water partition coefficient (Wildman–Crippen LogP) is 12.8. The largest absolute Gasteiger partial charge is 0.379 e. The first-order chi connectivity index (χ1) is 28.9. The third-order valence-electron chi connectivity index (χ3n) is 11.3. The number of fused-ring (bicyclic) bond motifs is 2. The number of Topliss-reactive ketones (excluding diaryl/α,β-unsaturated/α-hetero) is 2. The topological polar surface area (TPSA) is 72.4 Å². The summed E-state index contributed by atoms with van der Waals surface area (Å²) < 4.78 is 35.8. The van der Waals surface area contributed by atoms with Crippen LogP contribution in [0.25, 0.3) is 55.2 Å². The van der Waals surface area contributed by atoms with Gasteiger partial charge in [-0.2, -0.15) is 0 Å². The molecular weight excluding hydrogens is 820 g/mol. The number of ketones is 2. The molecule has 1 saturated heterocycles. The standard InChI is InChI=1S/C31H31FN2O2.C20H17BrFNO/c1-4-29(35)27-18-25(24-7-5-6-8-26(24)32)31-21(3)30(20(2)17-28(31)33-27)23-11-9-22(10-12-23)19-34-13-15-36-16-14-34;1-4-18(24)16-10-14(13-7-5-6-8-15(13)22)19-12(3)20(21)11(2)9-17(19)23-16/h5-12,17-18H,4,13-16,19H2,1-3H3;5-10H,4H2,1-3H3. The van der Waals surface area contributed by atoms with Crippen molar-refractivity contribution in [3.63, 3.8) is 0 Å². The van der Waals surface area contributed by atoms with Crippen LogP contribution in [0.4, 0.5) is 8.78 Å². The second-order valence-corrected chi connectivity index (χ2v) is 16.1. The molecule has 0 radical (unpaired) electrons. The van der Waals surface area contributed by atoms with Gasteiger partial charge in [-0.05, 0) is 114 Å². The van der Waals surface area contributed by atoms with E-state index < -0.39 is 0 Å². The van der Waals surface area contributed by atoms with Gasteiger partial charge in [0, 0.05) is 58.8 Å². The van der Waals surface area contributed by atoms with Crippen molar-refractivity contribution in [3.05, 3.63) is 152 Å². The minimum Gasteiger partial charge on any atom is -0.379 e. The summed E-state index contributed by atoms with van der Waals surface area (Å²) in [5, 5.41) is 1.75. The average Bonchev–Trinajstić information content (AvgIpc) is 3.25. The highest BCUT2D eigenvalue weighted by molar-refractivity contribution is 9.10. The maximum Gasteiger partial charge on any atom is 0.180 e. The van der Waals surface area contributed by atoms with Gasteiger partial charge in [0.1, 0.15) is 23.0 Å². The Balaban J connectivity index is 0.000000197. The number of carbonyl (C=O) groups is 2. The van der Waals surface area contributed by atoms with E-state index in [-0.39, 0.29) is 23.2 Å². The second kappa shape index (κ2) is 18.4. The molecule has 1 aliphatic heterocycles. The lowest BCUT2D eigenvalue weighted by molar-refractivity contribution is 0.0342. The van der Waals surface area contributed by atoms with Crippen molar-refractivity contribution in [2.24, 2.45) is 0 Å². The number of nitrogens with zero attached hydrogens (tertiary/aromatic N) is 3. The van der Waals surface area contributed by atoms with Crippen LogP contribution in [-0.2, 0) is 11.3 Å². The Morgan fingerprint density at radius 1 is 0.650 bits per heavy atom. The SMILES string of the molecule is CCC(=O)c1cc(-c2ccccc2F)c2c(C)c(-c3ccc(CN4CCOCC4)cc3)c(C)cc2n1.CCC(=O)c1cc(-c2ccccc2F)c2c(C)c(Br)c(C)cc2n1. The quantitative estimate of drug-likeness (QED) is 0.135. The summed E-state index contributed by atoms with van der Waals surface area (Å²) in [5.74, 6) is -0.720. The normalized spacial score (nSPS) is 13.0. The third-order valence-corrected chi connectivity index (χ3v) is 12.5. The van der Waals surface area contributed by atoms with E-state index in [2.05, 4.69) is 63.9 Å². The highest BCUT2D eigenvalue weighted by Gasteiger charge is 2.21. The number of halogens is 3. The van der Waals surface area contributed by atoms with E-state index in [1.807, 2.05) is 39.0 Å². The van der Waals surface area contributed by atoms with E-state index in [1.165, 1.54) is 17.7 Å². The molecule has 1 fully saturated rings. The molecule has 0 aliphatic carbocycles. The summed E-state index contributed by atoms with van der Waals surface area (Å²) in [5.41, 5.74) is 12.2. The molecule has 306 valence electrons. The first kappa shape index (κ1) is 42.6. The van der Waals surface area contributed by atoms with E-state index in [0.29, 0.717) is 52.0 Å². The number of morpholine rings is 1. The van der Waals surface area contributed by atoms with Crippen LogP contribution in [0.15, 0.2) is 102 Å². The van der Waals surface area contributed by atoms with Crippen LogP contribution in [0, 0.1) is 39.3 Å². The van der Waals surface area contributed by atoms with E-state index >= 15 is 0 Å². The fourth-order valence-corrected chi connectivity index (χ4v) is 8.48. The zero-order valence-electron chi connectivity index (χ0n) is 34.9. The molecule has 2 aromatic heterocycles. The monoisotopic (exact) mass is 867 g/mol. The van der Waals surface area contributed by atoms with Gasteiger partial charge in [0.25, 0.3) is 0 Å². The maximum absolute atomic E-state index is 15.0. The van der Waals surface area contributed by atoms with Crippen molar-refractivity contribution < 1.29 is 23.1 Å². The predicted molar refractivity (Wildman–Crippen MR) is 242 cm³/mol. The summed E-state index contributed by atoms with van der Waals surface area (Å²) in [7, 11) is 0. The van der Waals surface area contributed by atoms with Crippen molar-refractivity contribution >= 4 is 49.3 Å². The molecular formula is C51H48BrF2N3O3. The molecule has 0 unspecified atom stereocenters. The molecule has 5 aromatic carbocycles. The van der Waals surface area contributed by atoms with E-state index in [9.17, 15) is 18.4 Å². The van der Waals surface area contributed by atoms with Crippen molar-refractivity contribution in [2.45, 2.75) is 60.9 Å². The lowest BCUT2D eigenvalue weighted by Crippen LogP contribution is -2.35. The van der Waals surface area contributed by atoms with Crippen LogP contribution in [-0.4, -0.2) is 52.7 Å². The van der Waals surface area contributed by atoms with Gasteiger partial charge in [-0.15, -0.1) is 0 Å². The molecule has 0 amide bonds. The Kier molecular flexibility index (Phi) is 13.1. The number of benzene rings is 5. The van der Waals surface area contributed by atoms with Crippen molar-refractivity contribution in [1.82, 2.24) is 14.9 Å². The highest BCUT2D eigenvalue weighted by Crippen LogP contribution is 2.40. The fourth-order valence-electron chi connectivity index (χ4n) is 8.17. The summed E-state index contributed by atoms with van der Waals surface area (Å²) in [6, 6.07) is 29.5. The molecule has 0 atom stereocenters. The Morgan fingerprint density at radius 2 is 1.13 bits per heavy atom. The van der Waals surface area contributed by atoms with Crippen LogP contribution in [0.3, 0.4) is 0 Å². The van der Waals surface area contributed by atoms with Gasteiger partial charge in [0.05, 0.1) is 24.2 Å². The average molecular weight is 869 g/mol. The number of ether oxygens (including phenoxy) is 1.